The topological polar surface area (TPSA) is 73.2 Å². The Balaban J connectivity index is 1.76. The number of carbonyl (C=O) groups is 2. The average Bonchev–Trinajstić information content (AvgIpc) is 3.12. The minimum absolute atomic E-state index is 0.0456. The summed E-state index contributed by atoms with van der Waals surface area (Å²) >= 11 is 0. The largest absolute Gasteiger partial charge is 0.465 e. The second-order valence-electron chi connectivity index (χ2n) is 6.36. The summed E-state index contributed by atoms with van der Waals surface area (Å²) in [4.78, 5) is 28.2. The van der Waals surface area contributed by atoms with E-state index in [2.05, 4.69) is 15.0 Å². The Morgan fingerprint density at radius 1 is 1.21 bits per heavy atom. The number of halogens is 2. The molecule has 3 aromatic rings. The Kier molecular flexibility index (Phi) is 4.38. The lowest BCUT2D eigenvalue weighted by Crippen LogP contribution is -2.25. The molecule has 6 nitrogen and oxygen atoms in total. The molecule has 0 fully saturated rings. The first-order valence-electron chi connectivity index (χ1n) is 8.48. The molecule has 1 aliphatic rings. The Bertz CT molecular complexity index is 1080. The van der Waals surface area contributed by atoms with Crippen LogP contribution < -0.4 is 5.32 Å². The van der Waals surface area contributed by atoms with E-state index in [9.17, 15) is 18.4 Å². The van der Waals surface area contributed by atoms with Crippen LogP contribution in [0.2, 0.25) is 0 Å². The van der Waals surface area contributed by atoms with Crippen LogP contribution in [0.3, 0.4) is 0 Å². The molecule has 1 N–H and O–H groups in total. The summed E-state index contributed by atoms with van der Waals surface area (Å²) in [5, 5.41) is 2.69. The summed E-state index contributed by atoms with van der Waals surface area (Å²) in [6.07, 6.45) is 1.50. The molecule has 0 spiro atoms. The van der Waals surface area contributed by atoms with Crippen LogP contribution in [0.25, 0.3) is 5.69 Å². The van der Waals surface area contributed by atoms with Crippen molar-refractivity contribution in [3.8, 4) is 5.69 Å². The van der Waals surface area contributed by atoms with E-state index < -0.39 is 17.6 Å². The van der Waals surface area contributed by atoms with E-state index in [0.29, 0.717) is 17.1 Å². The highest BCUT2D eigenvalue weighted by atomic mass is 19.1. The predicted molar refractivity (Wildman–Crippen MR) is 96.4 cm³/mol. The van der Waals surface area contributed by atoms with Gasteiger partial charge in [0.05, 0.1) is 24.1 Å². The third-order valence-corrected chi connectivity index (χ3v) is 4.68. The lowest BCUT2D eigenvalue weighted by atomic mass is 9.89. The van der Waals surface area contributed by atoms with E-state index in [1.165, 1.54) is 18.0 Å². The Morgan fingerprint density at radius 2 is 1.96 bits per heavy atom. The van der Waals surface area contributed by atoms with Crippen molar-refractivity contribution >= 4 is 17.7 Å². The van der Waals surface area contributed by atoms with Crippen molar-refractivity contribution in [2.75, 3.05) is 12.4 Å². The number of hydrogen-bond donors (Lipinski definition) is 1. The molecule has 0 radical (unpaired) electrons. The minimum atomic E-state index is -0.639. The molecule has 28 heavy (non-hydrogen) atoms. The highest BCUT2D eigenvalue weighted by Gasteiger charge is 2.31. The number of aromatic nitrogens is 2. The minimum Gasteiger partial charge on any atom is -0.465 e. The molecule has 1 atom stereocenters. The zero-order chi connectivity index (χ0) is 19.8. The van der Waals surface area contributed by atoms with Crippen molar-refractivity contribution in [2.24, 2.45) is 0 Å². The van der Waals surface area contributed by atoms with Crippen molar-refractivity contribution < 1.29 is 23.1 Å². The van der Waals surface area contributed by atoms with Crippen molar-refractivity contribution in [2.45, 2.75) is 12.3 Å². The fourth-order valence-electron chi connectivity index (χ4n) is 3.30. The molecule has 1 amide bonds. The molecule has 0 aliphatic carbocycles. The van der Waals surface area contributed by atoms with Crippen LogP contribution in [-0.2, 0) is 9.53 Å². The molecular formula is C20H15F2N3O3. The van der Waals surface area contributed by atoms with Crippen LogP contribution >= 0.6 is 0 Å². The third-order valence-electron chi connectivity index (χ3n) is 4.68. The molecule has 0 saturated heterocycles. The predicted octanol–water partition coefficient (Wildman–Crippen LogP) is 3.41. The summed E-state index contributed by atoms with van der Waals surface area (Å²) in [7, 11) is 1.30. The quantitative estimate of drug-likeness (QED) is 0.704. The van der Waals surface area contributed by atoms with Crippen molar-refractivity contribution in [1.82, 2.24) is 9.55 Å². The maximum Gasteiger partial charge on any atom is 0.337 e. The molecular weight excluding hydrogens is 368 g/mol. The van der Waals surface area contributed by atoms with Crippen LogP contribution in [0.1, 0.15) is 34.0 Å². The third kappa shape index (κ3) is 3.02. The number of carbonyl (C=O) groups excluding carboxylic acids is 2. The van der Waals surface area contributed by atoms with Gasteiger partial charge < -0.3 is 10.1 Å². The van der Waals surface area contributed by atoms with Gasteiger partial charge in [0.25, 0.3) is 0 Å². The van der Waals surface area contributed by atoms with Gasteiger partial charge >= 0.3 is 5.97 Å². The molecule has 2 aromatic carbocycles. The second-order valence-corrected chi connectivity index (χ2v) is 6.36. The van der Waals surface area contributed by atoms with Gasteiger partial charge in [0.15, 0.2) is 0 Å². The van der Waals surface area contributed by atoms with Gasteiger partial charge in [0.1, 0.15) is 23.8 Å². The van der Waals surface area contributed by atoms with Crippen LogP contribution in [0, 0.1) is 11.6 Å². The first kappa shape index (κ1) is 17.8. The summed E-state index contributed by atoms with van der Waals surface area (Å²) in [6, 6.07) is 9.74. The number of anilines is 1. The van der Waals surface area contributed by atoms with Crippen LogP contribution in [0.15, 0.2) is 48.8 Å². The lowest BCUT2D eigenvalue weighted by molar-refractivity contribution is -0.116. The van der Waals surface area contributed by atoms with Gasteiger partial charge in [-0.2, -0.15) is 0 Å². The van der Waals surface area contributed by atoms with Gasteiger partial charge in [0, 0.05) is 18.4 Å². The number of rotatable bonds is 3. The summed E-state index contributed by atoms with van der Waals surface area (Å²) in [6.45, 7) is 0. The van der Waals surface area contributed by atoms with Crippen LogP contribution in [0.4, 0.5) is 14.6 Å². The smallest absolute Gasteiger partial charge is 0.337 e. The summed E-state index contributed by atoms with van der Waals surface area (Å²) in [5.74, 6) is -2.06. The number of ether oxygens (including phenoxy) is 1. The molecule has 8 heteroatoms. The normalized spacial score (nSPS) is 15.7. The second kappa shape index (κ2) is 6.88. The van der Waals surface area contributed by atoms with E-state index >= 15 is 0 Å². The van der Waals surface area contributed by atoms with Gasteiger partial charge in [0.2, 0.25) is 5.91 Å². The SMILES string of the molecule is COC(=O)c1ccc([C@H]2CC(=O)Nc3c2ncn3-c2cc(F)ccc2F)cc1. The van der Waals surface area contributed by atoms with Gasteiger partial charge in [-0.3, -0.25) is 9.36 Å². The molecule has 0 saturated carbocycles. The number of methoxy groups -OCH3 is 1. The van der Waals surface area contributed by atoms with Crippen molar-refractivity contribution in [3.05, 3.63) is 77.2 Å². The maximum absolute atomic E-state index is 14.2. The number of nitrogens with one attached hydrogen (secondary N) is 1. The number of hydrogen-bond acceptors (Lipinski definition) is 4. The Morgan fingerprint density at radius 3 is 2.68 bits per heavy atom. The van der Waals surface area contributed by atoms with Crippen molar-refractivity contribution in [1.29, 1.82) is 0 Å². The first-order chi connectivity index (χ1) is 13.5. The number of fused-ring (bicyclic) bond motifs is 1. The molecule has 0 unspecified atom stereocenters. The molecule has 1 aliphatic heterocycles. The fraction of sp³-hybridized carbons (Fsp3) is 0.150. The highest BCUT2D eigenvalue weighted by Crippen LogP contribution is 2.37. The van der Waals surface area contributed by atoms with E-state index in [0.717, 1.165) is 23.8 Å². The standard InChI is InChI=1S/C20H15F2N3O3/c1-28-20(27)12-4-2-11(3-5-12)14-9-17(26)24-19-18(14)23-10-25(19)16-8-13(21)6-7-15(16)22/h2-8,10,14H,9H2,1H3,(H,24,26)/t14-/m1/s1. The van der Waals surface area contributed by atoms with Crippen molar-refractivity contribution in [3.63, 3.8) is 0 Å². The Hall–Kier alpha value is -3.55. The molecule has 142 valence electrons. The number of amides is 1. The summed E-state index contributed by atoms with van der Waals surface area (Å²) in [5.41, 5.74) is 1.65. The maximum atomic E-state index is 14.2. The van der Waals surface area contributed by atoms with Gasteiger partial charge in [-0.15, -0.1) is 0 Å². The monoisotopic (exact) mass is 383 g/mol. The van der Waals surface area contributed by atoms with E-state index in [1.54, 1.807) is 24.3 Å². The first-order valence-corrected chi connectivity index (χ1v) is 8.48. The molecule has 4 rings (SSSR count). The molecule has 0 bridgehead atoms. The van der Waals surface area contributed by atoms with E-state index in [1.807, 2.05) is 0 Å². The zero-order valence-electron chi connectivity index (χ0n) is 14.8. The van der Waals surface area contributed by atoms with E-state index in [4.69, 9.17) is 0 Å². The molecule has 1 aromatic heterocycles. The lowest BCUT2D eigenvalue weighted by Gasteiger charge is -2.23. The summed E-state index contributed by atoms with van der Waals surface area (Å²) < 4.78 is 33.8. The highest BCUT2D eigenvalue weighted by molar-refractivity contribution is 5.94. The Labute approximate surface area is 158 Å². The fourth-order valence-corrected chi connectivity index (χ4v) is 3.30. The number of imidazole rings is 1. The van der Waals surface area contributed by atoms with Crippen LogP contribution in [0.5, 0.6) is 0 Å². The van der Waals surface area contributed by atoms with Crippen LogP contribution in [-0.4, -0.2) is 28.5 Å². The van der Waals surface area contributed by atoms with Gasteiger partial charge in [-0.1, -0.05) is 12.1 Å². The van der Waals surface area contributed by atoms with Gasteiger partial charge in [-0.25, -0.2) is 18.6 Å². The van der Waals surface area contributed by atoms with Gasteiger partial charge in [-0.05, 0) is 29.8 Å². The number of esters is 1. The zero-order valence-corrected chi connectivity index (χ0v) is 14.8. The molecule has 2 heterocycles. The van der Waals surface area contributed by atoms with E-state index in [-0.39, 0.29) is 23.9 Å². The average molecular weight is 383 g/mol. The number of benzene rings is 2. The number of nitrogens with zero attached hydrogens (tertiary/aromatic N) is 2.